The molecule has 3 rings (SSSR count). The van der Waals surface area contributed by atoms with Crippen molar-refractivity contribution in [2.45, 2.75) is 12.8 Å². The Morgan fingerprint density at radius 2 is 1.83 bits per heavy atom. The molecule has 0 amide bonds. The maximum atomic E-state index is 11.3. The van der Waals surface area contributed by atoms with E-state index in [4.69, 9.17) is 0 Å². The van der Waals surface area contributed by atoms with E-state index in [1.165, 1.54) is 0 Å². The lowest BCUT2D eigenvalue weighted by Crippen LogP contribution is -2.15. The SMILES string of the molecule is Cc1c(C(C[N+](=O)[O-])c2ccccc2Br)c2ccccc2n1C. The van der Waals surface area contributed by atoms with E-state index < -0.39 is 0 Å². The first-order chi connectivity index (χ1) is 11.0. The van der Waals surface area contributed by atoms with E-state index in [9.17, 15) is 10.1 Å². The highest BCUT2D eigenvalue weighted by Crippen LogP contribution is 2.37. The molecule has 1 atom stereocenters. The third-order valence-electron chi connectivity index (χ3n) is 4.41. The molecule has 3 aromatic rings. The summed E-state index contributed by atoms with van der Waals surface area (Å²) in [6, 6.07) is 15.8. The number of aromatic nitrogens is 1. The molecular weight excluding hydrogens is 356 g/mol. The van der Waals surface area contributed by atoms with Crippen molar-refractivity contribution < 1.29 is 4.92 Å². The van der Waals surface area contributed by atoms with Crippen LogP contribution in [0, 0.1) is 17.0 Å². The van der Waals surface area contributed by atoms with E-state index in [1.54, 1.807) is 0 Å². The first kappa shape index (κ1) is 15.7. The summed E-state index contributed by atoms with van der Waals surface area (Å²) in [5.41, 5.74) is 4.14. The molecule has 0 aliphatic rings. The largest absolute Gasteiger partial charge is 0.348 e. The summed E-state index contributed by atoms with van der Waals surface area (Å²) in [6.45, 7) is 1.90. The van der Waals surface area contributed by atoms with E-state index in [0.29, 0.717) is 0 Å². The lowest BCUT2D eigenvalue weighted by Gasteiger charge is -2.16. The minimum Gasteiger partial charge on any atom is -0.348 e. The van der Waals surface area contributed by atoms with Crippen LogP contribution in [0.5, 0.6) is 0 Å². The predicted octanol–water partition coefficient (Wildman–Crippen LogP) is 4.66. The molecule has 0 radical (unpaired) electrons. The Kier molecular flexibility index (Phi) is 4.22. The molecule has 4 nitrogen and oxygen atoms in total. The summed E-state index contributed by atoms with van der Waals surface area (Å²) in [5.74, 6) is -0.285. The number of hydrogen-bond acceptors (Lipinski definition) is 2. The predicted molar refractivity (Wildman–Crippen MR) is 95.5 cm³/mol. The molecule has 1 aromatic heterocycles. The van der Waals surface area contributed by atoms with Gasteiger partial charge in [0, 0.05) is 33.0 Å². The molecule has 5 heteroatoms. The third-order valence-corrected chi connectivity index (χ3v) is 5.13. The van der Waals surface area contributed by atoms with Crippen molar-refractivity contribution in [3.63, 3.8) is 0 Å². The number of fused-ring (bicyclic) bond motifs is 1. The van der Waals surface area contributed by atoms with E-state index in [-0.39, 0.29) is 17.4 Å². The Morgan fingerprint density at radius 1 is 1.17 bits per heavy atom. The van der Waals surface area contributed by atoms with E-state index in [1.807, 2.05) is 56.4 Å². The standard InChI is InChI=1S/C18H17BrN2O2/c1-12-18(14-8-4-6-10-17(14)20(12)2)15(11-21(22)23)13-7-3-5-9-16(13)19/h3-10,15H,11H2,1-2H3. The Morgan fingerprint density at radius 3 is 2.52 bits per heavy atom. The monoisotopic (exact) mass is 372 g/mol. The van der Waals surface area contributed by atoms with Gasteiger partial charge < -0.3 is 4.57 Å². The molecule has 0 spiro atoms. The number of benzene rings is 2. The van der Waals surface area contributed by atoms with Crippen molar-refractivity contribution in [1.29, 1.82) is 0 Å². The van der Waals surface area contributed by atoms with Gasteiger partial charge in [-0.3, -0.25) is 10.1 Å². The van der Waals surface area contributed by atoms with Gasteiger partial charge in [0.2, 0.25) is 6.54 Å². The van der Waals surface area contributed by atoms with Gasteiger partial charge in [0.1, 0.15) is 0 Å². The summed E-state index contributed by atoms with van der Waals surface area (Å²) in [5, 5.41) is 12.4. The van der Waals surface area contributed by atoms with Gasteiger partial charge in [-0.2, -0.15) is 0 Å². The van der Waals surface area contributed by atoms with Gasteiger partial charge in [0.25, 0.3) is 0 Å². The minimum atomic E-state index is -0.285. The summed E-state index contributed by atoms with van der Waals surface area (Å²) in [7, 11) is 2.00. The van der Waals surface area contributed by atoms with Crippen LogP contribution in [-0.2, 0) is 7.05 Å². The lowest BCUT2D eigenvalue weighted by atomic mass is 9.89. The quantitative estimate of drug-likeness (QED) is 0.493. The van der Waals surface area contributed by atoms with Crippen LogP contribution in [0.25, 0.3) is 10.9 Å². The summed E-state index contributed by atoms with van der Waals surface area (Å²) in [6.07, 6.45) is 0. The molecule has 0 saturated heterocycles. The summed E-state index contributed by atoms with van der Waals surface area (Å²) < 4.78 is 3.01. The molecule has 118 valence electrons. The Balaban J connectivity index is 2.28. The van der Waals surface area contributed by atoms with Crippen molar-refractivity contribution in [2.75, 3.05) is 6.54 Å². The molecule has 23 heavy (non-hydrogen) atoms. The molecule has 0 aliphatic carbocycles. The second-order valence-corrected chi connectivity index (χ2v) is 6.52. The van der Waals surface area contributed by atoms with Crippen LogP contribution in [0.1, 0.15) is 22.7 Å². The Bertz CT molecular complexity index is 886. The topological polar surface area (TPSA) is 48.1 Å². The van der Waals surface area contributed by atoms with Gasteiger partial charge in [-0.25, -0.2) is 0 Å². The van der Waals surface area contributed by atoms with Gasteiger partial charge in [0.15, 0.2) is 0 Å². The number of nitro groups is 1. The molecule has 1 heterocycles. The molecule has 2 aromatic carbocycles. The summed E-state index contributed by atoms with van der Waals surface area (Å²) >= 11 is 3.55. The minimum absolute atomic E-state index is 0.128. The van der Waals surface area contributed by atoms with Gasteiger partial charge in [-0.1, -0.05) is 52.3 Å². The number of hydrogen-bond donors (Lipinski definition) is 0. The molecule has 0 aliphatic heterocycles. The van der Waals surface area contributed by atoms with Crippen molar-refractivity contribution in [3.05, 3.63) is 79.9 Å². The molecule has 0 N–H and O–H groups in total. The third kappa shape index (κ3) is 2.77. The zero-order valence-electron chi connectivity index (χ0n) is 13.0. The van der Waals surface area contributed by atoms with Crippen LogP contribution in [-0.4, -0.2) is 16.0 Å². The van der Waals surface area contributed by atoms with E-state index >= 15 is 0 Å². The number of rotatable bonds is 4. The second-order valence-electron chi connectivity index (χ2n) is 5.66. The second kappa shape index (κ2) is 6.16. The van der Waals surface area contributed by atoms with Crippen LogP contribution in [0.15, 0.2) is 53.0 Å². The normalized spacial score (nSPS) is 12.5. The average Bonchev–Trinajstić information content (AvgIpc) is 2.78. The Labute approximate surface area is 143 Å². The smallest absolute Gasteiger partial charge is 0.214 e. The maximum Gasteiger partial charge on any atom is 0.214 e. The number of para-hydroxylation sites is 1. The fourth-order valence-electron chi connectivity index (χ4n) is 3.24. The number of nitrogens with zero attached hydrogens (tertiary/aromatic N) is 2. The van der Waals surface area contributed by atoms with Crippen molar-refractivity contribution in [2.24, 2.45) is 7.05 Å². The highest BCUT2D eigenvalue weighted by Gasteiger charge is 2.27. The van der Waals surface area contributed by atoms with Crippen LogP contribution >= 0.6 is 15.9 Å². The number of aryl methyl sites for hydroxylation is 1. The molecule has 0 bridgehead atoms. The van der Waals surface area contributed by atoms with Crippen LogP contribution < -0.4 is 0 Å². The lowest BCUT2D eigenvalue weighted by molar-refractivity contribution is -0.481. The molecule has 1 unspecified atom stereocenters. The highest BCUT2D eigenvalue weighted by atomic mass is 79.9. The number of halogens is 1. The van der Waals surface area contributed by atoms with E-state index in [2.05, 4.69) is 26.6 Å². The van der Waals surface area contributed by atoms with Crippen molar-refractivity contribution >= 4 is 26.8 Å². The van der Waals surface area contributed by atoms with Gasteiger partial charge >= 0.3 is 0 Å². The van der Waals surface area contributed by atoms with Gasteiger partial charge in [-0.15, -0.1) is 0 Å². The Hall–Kier alpha value is -2.14. The molecular formula is C18H17BrN2O2. The molecule has 0 fully saturated rings. The zero-order chi connectivity index (χ0) is 16.6. The first-order valence-electron chi connectivity index (χ1n) is 7.41. The van der Waals surface area contributed by atoms with Crippen molar-refractivity contribution in [3.8, 4) is 0 Å². The van der Waals surface area contributed by atoms with Crippen LogP contribution in [0.2, 0.25) is 0 Å². The zero-order valence-corrected chi connectivity index (χ0v) is 14.6. The maximum absolute atomic E-state index is 11.3. The fraction of sp³-hybridized carbons (Fsp3) is 0.222. The van der Waals surface area contributed by atoms with E-state index in [0.717, 1.165) is 32.2 Å². The first-order valence-corrected chi connectivity index (χ1v) is 8.20. The van der Waals surface area contributed by atoms with Crippen molar-refractivity contribution in [1.82, 2.24) is 4.57 Å². The summed E-state index contributed by atoms with van der Waals surface area (Å²) in [4.78, 5) is 11.1. The fourth-order valence-corrected chi connectivity index (χ4v) is 3.80. The van der Waals surface area contributed by atoms with Gasteiger partial charge in [-0.05, 0) is 30.2 Å². The van der Waals surface area contributed by atoms with Gasteiger partial charge in [0.05, 0.1) is 5.92 Å². The van der Waals surface area contributed by atoms with Crippen LogP contribution in [0.4, 0.5) is 0 Å². The molecule has 0 saturated carbocycles. The average molecular weight is 373 g/mol. The van der Waals surface area contributed by atoms with Crippen LogP contribution in [0.3, 0.4) is 0 Å². The highest BCUT2D eigenvalue weighted by molar-refractivity contribution is 9.10.